The second kappa shape index (κ2) is 6.76. The molecule has 102 valence electrons. The highest BCUT2D eigenvalue weighted by molar-refractivity contribution is 5.27. The van der Waals surface area contributed by atoms with Gasteiger partial charge < -0.3 is 14.8 Å². The van der Waals surface area contributed by atoms with E-state index in [1.54, 1.807) is 7.11 Å². The summed E-state index contributed by atoms with van der Waals surface area (Å²) in [5.74, 6) is 0.902. The minimum absolute atomic E-state index is 0.147. The van der Waals surface area contributed by atoms with E-state index in [2.05, 4.69) is 38.2 Å². The lowest BCUT2D eigenvalue weighted by molar-refractivity contribution is -0.0204. The van der Waals surface area contributed by atoms with Crippen molar-refractivity contribution in [1.82, 2.24) is 5.32 Å². The lowest BCUT2D eigenvalue weighted by atomic mass is 9.99. The number of methoxy groups -OCH3 is 1. The Morgan fingerprint density at radius 1 is 1.22 bits per heavy atom. The van der Waals surface area contributed by atoms with Crippen molar-refractivity contribution in [3.63, 3.8) is 0 Å². The quantitative estimate of drug-likeness (QED) is 0.808. The topological polar surface area (TPSA) is 30.5 Å². The zero-order chi connectivity index (χ0) is 13.6. The molecule has 1 N–H and O–H groups in total. The lowest BCUT2D eigenvalue weighted by Crippen LogP contribution is -2.50. The molecule has 0 aliphatic rings. The molecule has 0 aromatic heterocycles. The average molecular weight is 251 g/mol. The van der Waals surface area contributed by atoms with Crippen LogP contribution in [0.1, 0.15) is 26.3 Å². The number of ether oxygens (including phenoxy) is 2. The molecule has 1 aromatic rings. The van der Waals surface area contributed by atoms with Gasteiger partial charge in [0.2, 0.25) is 0 Å². The Hall–Kier alpha value is -1.06. The van der Waals surface area contributed by atoms with Gasteiger partial charge in [0.25, 0.3) is 0 Å². The van der Waals surface area contributed by atoms with Crippen molar-refractivity contribution in [3.05, 3.63) is 29.8 Å². The van der Waals surface area contributed by atoms with Crippen LogP contribution in [-0.2, 0) is 11.2 Å². The van der Waals surface area contributed by atoms with Gasteiger partial charge in [-0.1, -0.05) is 19.1 Å². The van der Waals surface area contributed by atoms with Gasteiger partial charge in [-0.05, 0) is 45.0 Å². The minimum Gasteiger partial charge on any atom is -0.492 e. The van der Waals surface area contributed by atoms with Crippen molar-refractivity contribution in [2.75, 3.05) is 20.8 Å². The number of hydrogen-bond donors (Lipinski definition) is 1. The third-order valence-electron chi connectivity index (χ3n) is 3.46. The lowest BCUT2D eigenvalue weighted by Gasteiger charge is -2.32. The van der Waals surface area contributed by atoms with Gasteiger partial charge in [0, 0.05) is 7.11 Å². The van der Waals surface area contributed by atoms with Crippen molar-refractivity contribution >= 4 is 0 Å². The summed E-state index contributed by atoms with van der Waals surface area (Å²) >= 11 is 0. The number of rotatable bonds is 7. The summed E-state index contributed by atoms with van der Waals surface area (Å²) in [5.41, 5.74) is 1.07. The number of nitrogens with one attached hydrogen (secondary N) is 1. The standard InChI is InChI=1S/C15H25NO2/c1-6-12-7-9-13(10-8-12)18-11-14(16-4)15(2,3)17-5/h7-10,14,16H,6,11H2,1-5H3. The fourth-order valence-corrected chi connectivity index (χ4v) is 1.77. The maximum atomic E-state index is 5.80. The first-order chi connectivity index (χ1) is 8.53. The first-order valence-electron chi connectivity index (χ1n) is 6.47. The highest BCUT2D eigenvalue weighted by atomic mass is 16.5. The van der Waals surface area contributed by atoms with Crippen LogP contribution in [0.15, 0.2) is 24.3 Å². The first-order valence-corrected chi connectivity index (χ1v) is 6.47. The molecule has 0 saturated carbocycles. The summed E-state index contributed by atoms with van der Waals surface area (Å²) in [6.45, 7) is 6.84. The van der Waals surface area contributed by atoms with E-state index in [1.807, 2.05) is 19.2 Å². The second-order valence-corrected chi connectivity index (χ2v) is 4.96. The van der Waals surface area contributed by atoms with E-state index < -0.39 is 0 Å². The molecular formula is C15H25NO2. The van der Waals surface area contributed by atoms with E-state index in [1.165, 1.54) is 5.56 Å². The molecule has 1 unspecified atom stereocenters. The smallest absolute Gasteiger partial charge is 0.119 e. The normalized spacial score (nSPS) is 13.4. The molecule has 3 nitrogen and oxygen atoms in total. The number of aryl methyl sites for hydroxylation is 1. The minimum atomic E-state index is -0.252. The van der Waals surface area contributed by atoms with Crippen molar-refractivity contribution in [2.24, 2.45) is 0 Å². The number of likely N-dealkylation sites (N-methyl/N-ethyl adjacent to an activating group) is 1. The zero-order valence-corrected chi connectivity index (χ0v) is 12.1. The zero-order valence-electron chi connectivity index (χ0n) is 12.1. The molecule has 0 radical (unpaired) electrons. The highest BCUT2D eigenvalue weighted by Crippen LogP contribution is 2.17. The van der Waals surface area contributed by atoms with E-state index in [4.69, 9.17) is 9.47 Å². The monoisotopic (exact) mass is 251 g/mol. The van der Waals surface area contributed by atoms with Gasteiger partial charge in [0.1, 0.15) is 12.4 Å². The van der Waals surface area contributed by atoms with Crippen LogP contribution < -0.4 is 10.1 Å². The predicted octanol–water partition coefficient (Wildman–Crippen LogP) is 2.64. The van der Waals surface area contributed by atoms with Crippen LogP contribution in [0.2, 0.25) is 0 Å². The molecule has 3 heteroatoms. The Morgan fingerprint density at radius 2 is 1.83 bits per heavy atom. The first kappa shape index (κ1) is 15.0. The van der Waals surface area contributed by atoms with Crippen molar-refractivity contribution in [1.29, 1.82) is 0 Å². The summed E-state index contributed by atoms with van der Waals surface area (Å²) in [4.78, 5) is 0. The molecular weight excluding hydrogens is 226 g/mol. The summed E-state index contributed by atoms with van der Waals surface area (Å²) in [6.07, 6.45) is 1.05. The predicted molar refractivity (Wildman–Crippen MR) is 75.3 cm³/mol. The van der Waals surface area contributed by atoms with Gasteiger partial charge in [-0.2, -0.15) is 0 Å². The fourth-order valence-electron chi connectivity index (χ4n) is 1.77. The Labute approximate surface area is 110 Å². The van der Waals surface area contributed by atoms with Crippen LogP contribution in [0, 0.1) is 0 Å². The summed E-state index contributed by atoms with van der Waals surface area (Å²) in [6, 6.07) is 8.39. The number of benzene rings is 1. The highest BCUT2D eigenvalue weighted by Gasteiger charge is 2.28. The van der Waals surface area contributed by atoms with Crippen LogP contribution in [0.4, 0.5) is 0 Å². The van der Waals surface area contributed by atoms with E-state index >= 15 is 0 Å². The van der Waals surface area contributed by atoms with Gasteiger partial charge in [-0.25, -0.2) is 0 Å². The van der Waals surface area contributed by atoms with Gasteiger partial charge in [0.15, 0.2) is 0 Å². The molecule has 0 fully saturated rings. The van der Waals surface area contributed by atoms with Gasteiger partial charge in [-0.3, -0.25) is 0 Å². The molecule has 0 saturated heterocycles. The molecule has 1 aromatic carbocycles. The maximum Gasteiger partial charge on any atom is 0.119 e. The summed E-state index contributed by atoms with van der Waals surface area (Å²) < 4.78 is 11.3. The Balaban J connectivity index is 2.57. The fraction of sp³-hybridized carbons (Fsp3) is 0.600. The van der Waals surface area contributed by atoms with Gasteiger partial charge in [-0.15, -0.1) is 0 Å². The Bertz CT molecular complexity index is 346. The Kier molecular flexibility index (Phi) is 5.63. The third kappa shape index (κ3) is 4.00. The van der Waals surface area contributed by atoms with Gasteiger partial charge in [0.05, 0.1) is 11.6 Å². The van der Waals surface area contributed by atoms with E-state index in [9.17, 15) is 0 Å². The SMILES string of the molecule is CCc1ccc(OCC(NC)C(C)(C)OC)cc1. The molecule has 18 heavy (non-hydrogen) atoms. The summed E-state index contributed by atoms with van der Waals surface area (Å²) in [5, 5.41) is 3.24. The van der Waals surface area contributed by atoms with Crippen LogP contribution in [0.3, 0.4) is 0 Å². The van der Waals surface area contributed by atoms with Crippen LogP contribution in [0.25, 0.3) is 0 Å². The van der Waals surface area contributed by atoms with Crippen molar-refractivity contribution in [2.45, 2.75) is 38.8 Å². The van der Waals surface area contributed by atoms with Crippen molar-refractivity contribution in [3.8, 4) is 5.75 Å². The molecule has 0 bridgehead atoms. The van der Waals surface area contributed by atoms with E-state index in [0.717, 1.165) is 12.2 Å². The molecule has 0 heterocycles. The molecule has 0 aliphatic carbocycles. The molecule has 0 spiro atoms. The molecule has 1 rings (SSSR count). The maximum absolute atomic E-state index is 5.80. The van der Waals surface area contributed by atoms with E-state index in [0.29, 0.717) is 6.61 Å². The van der Waals surface area contributed by atoms with Crippen LogP contribution in [0.5, 0.6) is 5.75 Å². The average Bonchev–Trinajstić information content (AvgIpc) is 2.40. The molecule has 1 atom stereocenters. The summed E-state index contributed by atoms with van der Waals surface area (Å²) in [7, 11) is 3.65. The largest absolute Gasteiger partial charge is 0.492 e. The van der Waals surface area contributed by atoms with Crippen LogP contribution in [-0.4, -0.2) is 32.4 Å². The third-order valence-corrected chi connectivity index (χ3v) is 3.46. The molecule has 0 amide bonds. The van der Waals surface area contributed by atoms with Crippen LogP contribution >= 0.6 is 0 Å². The van der Waals surface area contributed by atoms with E-state index in [-0.39, 0.29) is 11.6 Å². The second-order valence-electron chi connectivity index (χ2n) is 4.96. The van der Waals surface area contributed by atoms with Gasteiger partial charge >= 0.3 is 0 Å². The Morgan fingerprint density at radius 3 is 2.28 bits per heavy atom. The molecule has 0 aliphatic heterocycles. The number of hydrogen-bond acceptors (Lipinski definition) is 3. The van der Waals surface area contributed by atoms with Crippen molar-refractivity contribution < 1.29 is 9.47 Å².